The van der Waals surface area contributed by atoms with Crippen molar-refractivity contribution >= 4 is 6.03 Å². The lowest BCUT2D eigenvalue weighted by atomic mass is 9.99. The molecule has 1 aliphatic rings. The molecule has 1 aliphatic heterocycles. The molecular weight excluding hydrogens is 282 g/mol. The van der Waals surface area contributed by atoms with Crippen LogP contribution in [0.5, 0.6) is 0 Å². The summed E-state index contributed by atoms with van der Waals surface area (Å²) in [6.45, 7) is 9.27. The minimum atomic E-state index is -0.116. The van der Waals surface area contributed by atoms with Crippen LogP contribution in [0.2, 0.25) is 0 Å². The molecule has 0 unspecified atom stereocenters. The highest BCUT2D eigenvalue weighted by molar-refractivity contribution is 5.74. The van der Waals surface area contributed by atoms with E-state index in [2.05, 4.69) is 35.8 Å². The van der Waals surface area contributed by atoms with Gasteiger partial charge in [0.25, 0.3) is 0 Å². The third-order valence-corrected chi connectivity index (χ3v) is 4.03. The summed E-state index contributed by atoms with van der Waals surface area (Å²) in [5.41, 5.74) is -0.116. The minimum Gasteiger partial charge on any atom is -0.339 e. The number of piperazine rings is 1. The van der Waals surface area contributed by atoms with Gasteiger partial charge in [-0.25, -0.2) is 4.79 Å². The minimum absolute atomic E-state index is 0.0671. The van der Waals surface area contributed by atoms with Crippen molar-refractivity contribution < 1.29 is 9.32 Å². The van der Waals surface area contributed by atoms with E-state index >= 15 is 0 Å². The van der Waals surface area contributed by atoms with Gasteiger partial charge in [-0.05, 0) is 20.3 Å². The van der Waals surface area contributed by atoms with Crippen LogP contribution in [0.3, 0.4) is 0 Å². The maximum Gasteiger partial charge on any atom is 0.319 e. The van der Waals surface area contributed by atoms with E-state index in [0.717, 1.165) is 31.8 Å². The number of amides is 2. The smallest absolute Gasteiger partial charge is 0.319 e. The fourth-order valence-electron chi connectivity index (χ4n) is 2.77. The van der Waals surface area contributed by atoms with Crippen molar-refractivity contribution in [1.29, 1.82) is 0 Å². The molecule has 2 heterocycles. The van der Waals surface area contributed by atoms with Crippen molar-refractivity contribution in [2.75, 3.05) is 33.7 Å². The molecule has 0 N–H and O–H groups in total. The molecule has 7 nitrogen and oxygen atoms in total. The van der Waals surface area contributed by atoms with Gasteiger partial charge in [0.1, 0.15) is 0 Å². The van der Waals surface area contributed by atoms with Crippen molar-refractivity contribution in [3.05, 3.63) is 11.7 Å². The molecule has 0 radical (unpaired) electrons. The van der Waals surface area contributed by atoms with E-state index in [-0.39, 0.29) is 11.6 Å². The monoisotopic (exact) mass is 309 g/mol. The van der Waals surface area contributed by atoms with E-state index in [1.54, 1.807) is 19.0 Å². The number of aromatic nitrogens is 2. The first-order valence-electron chi connectivity index (χ1n) is 7.86. The normalized spacial score (nSPS) is 18.5. The van der Waals surface area contributed by atoms with Gasteiger partial charge in [0.15, 0.2) is 5.82 Å². The van der Waals surface area contributed by atoms with Gasteiger partial charge in [0.05, 0.1) is 6.54 Å². The lowest BCUT2D eigenvalue weighted by Crippen LogP contribution is -2.61. The van der Waals surface area contributed by atoms with E-state index in [1.807, 2.05) is 4.90 Å². The van der Waals surface area contributed by atoms with E-state index in [9.17, 15) is 4.79 Å². The van der Waals surface area contributed by atoms with Gasteiger partial charge >= 0.3 is 6.03 Å². The second-order valence-corrected chi connectivity index (χ2v) is 6.69. The maximum atomic E-state index is 12.1. The Morgan fingerprint density at radius 2 is 2.09 bits per heavy atom. The standard InChI is InChI=1S/C15H27N5O2/c1-6-7-13-16-12(17-22-13)10-20-9-8-19(11-15(20,2)3)14(21)18(4)5/h6-11H2,1-5H3. The fourth-order valence-corrected chi connectivity index (χ4v) is 2.77. The van der Waals surface area contributed by atoms with E-state index in [4.69, 9.17) is 4.52 Å². The summed E-state index contributed by atoms with van der Waals surface area (Å²) in [7, 11) is 3.58. The Hall–Kier alpha value is -1.63. The number of hydrogen-bond acceptors (Lipinski definition) is 5. The zero-order valence-electron chi connectivity index (χ0n) is 14.3. The molecule has 0 aliphatic carbocycles. The van der Waals surface area contributed by atoms with Gasteiger partial charge in [0.2, 0.25) is 5.89 Å². The summed E-state index contributed by atoms with van der Waals surface area (Å²) >= 11 is 0. The number of hydrogen-bond donors (Lipinski definition) is 0. The highest BCUT2D eigenvalue weighted by atomic mass is 16.5. The van der Waals surface area contributed by atoms with E-state index < -0.39 is 0 Å². The average Bonchev–Trinajstić information content (AvgIpc) is 2.87. The van der Waals surface area contributed by atoms with Gasteiger partial charge in [0, 0.05) is 45.7 Å². The van der Waals surface area contributed by atoms with Gasteiger partial charge < -0.3 is 14.3 Å². The van der Waals surface area contributed by atoms with Gasteiger partial charge in [-0.15, -0.1) is 0 Å². The Balaban J connectivity index is 1.99. The molecule has 0 spiro atoms. The first-order valence-corrected chi connectivity index (χ1v) is 7.86. The molecule has 124 valence electrons. The van der Waals surface area contributed by atoms with Crippen molar-refractivity contribution in [2.45, 2.75) is 45.7 Å². The number of urea groups is 1. The Labute approximate surface area is 132 Å². The summed E-state index contributed by atoms with van der Waals surface area (Å²) in [4.78, 5) is 22.4. The fraction of sp³-hybridized carbons (Fsp3) is 0.800. The van der Waals surface area contributed by atoms with Crippen LogP contribution in [-0.2, 0) is 13.0 Å². The molecule has 0 atom stereocenters. The van der Waals surface area contributed by atoms with Crippen LogP contribution >= 0.6 is 0 Å². The third-order valence-electron chi connectivity index (χ3n) is 4.03. The third kappa shape index (κ3) is 3.76. The number of rotatable bonds is 4. The molecule has 1 aromatic rings. The number of nitrogens with zero attached hydrogens (tertiary/aromatic N) is 5. The predicted molar refractivity (Wildman–Crippen MR) is 83.4 cm³/mol. The molecule has 0 aromatic carbocycles. The molecule has 1 saturated heterocycles. The summed E-state index contributed by atoms with van der Waals surface area (Å²) in [5, 5.41) is 4.06. The van der Waals surface area contributed by atoms with Gasteiger partial charge in [-0.2, -0.15) is 4.98 Å². The zero-order chi connectivity index (χ0) is 16.3. The Bertz CT molecular complexity index is 512. The summed E-state index contributed by atoms with van der Waals surface area (Å²) in [5.74, 6) is 1.43. The lowest BCUT2D eigenvalue weighted by molar-refractivity contribution is 0.0224. The second-order valence-electron chi connectivity index (χ2n) is 6.69. The molecule has 22 heavy (non-hydrogen) atoms. The summed E-state index contributed by atoms with van der Waals surface area (Å²) in [6, 6.07) is 0.0671. The van der Waals surface area contributed by atoms with Crippen molar-refractivity contribution in [3.8, 4) is 0 Å². The SMILES string of the molecule is CCCc1nc(CN2CCN(C(=O)N(C)C)CC2(C)C)no1. The average molecular weight is 309 g/mol. The van der Waals surface area contributed by atoms with E-state index in [1.165, 1.54) is 0 Å². The lowest BCUT2D eigenvalue weighted by Gasteiger charge is -2.47. The van der Waals surface area contributed by atoms with Gasteiger partial charge in [-0.1, -0.05) is 12.1 Å². The topological polar surface area (TPSA) is 65.7 Å². The highest BCUT2D eigenvalue weighted by Gasteiger charge is 2.36. The van der Waals surface area contributed by atoms with Crippen LogP contribution in [0.15, 0.2) is 4.52 Å². The van der Waals surface area contributed by atoms with Crippen molar-refractivity contribution in [2.24, 2.45) is 0 Å². The molecule has 2 amide bonds. The quantitative estimate of drug-likeness (QED) is 0.845. The molecule has 0 saturated carbocycles. The molecular formula is C15H27N5O2. The van der Waals surface area contributed by atoms with Crippen molar-refractivity contribution in [1.82, 2.24) is 24.8 Å². The van der Waals surface area contributed by atoms with Crippen LogP contribution in [0.4, 0.5) is 4.79 Å². The predicted octanol–water partition coefficient (Wildman–Crippen LogP) is 1.60. The van der Waals surface area contributed by atoms with Crippen molar-refractivity contribution in [3.63, 3.8) is 0 Å². The zero-order valence-corrected chi connectivity index (χ0v) is 14.3. The molecule has 7 heteroatoms. The second kappa shape index (κ2) is 6.64. The molecule has 0 bridgehead atoms. The summed E-state index contributed by atoms with van der Waals surface area (Å²) in [6.07, 6.45) is 1.82. The number of aryl methyl sites for hydroxylation is 1. The van der Waals surface area contributed by atoms with Crippen LogP contribution in [0.25, 0.3) is 0 Å². The highest BCUT2D eigenvalue weighted by Crippen LogP contribution is 2.23. The molecule has 2 rings (SSSR count). The van der Waals surface area contributed by atoms with E-state index in [0.29, 0.717) is 19.0 Å². The van der Waals surface area contributed by atoms with Crippen LogP contribution in [-0.4, -0.2) is 70.1 Å². The Kier molecular flexibility index (Phi) is 5.05. The molecule has 1 fully saturated rings. The molecule has 1 aromatic heterocycles. The first-order chi connectivity index (χ1) is 10.3. The van der Waals surface area contributed by atoms with Crippen LogP contribution in [0, 0.1) is 0 Å². The van der Waals surface area contributed by atoms with Crippen LogP contribution in [0.1, 0.15) is 38.9 Å². The number of carbonyl (C=O) groups is 1. The summed E-state index contributed by atoms with van der Waals surface area (Å²) < 4.78 is 5.25. The number of carbonyl (C=O) groups excluding carboxylic acids is 1. The Morgan fingerprint density at radius 3 is 2.68 bits per heavy atom. The first kappa shape index (κ1) is 16.7. The maximum absolute atomic E-state index is 12.1. The van der Waals surface area contributed by atoms with Gasteiger partial charge in [-0.3, -0.25) is 4.90 Å². The Morgan fingerprint density at radius 1 is 1.36 bits per heavy atom. The largest absolute Gasteiger partial charge is 0.339 e. The van der Waals surface area contributed by atoms with Crippen LogP contribution < -0.4 is 0 Å².